The molecule has 0 atom stereocenters. The Kier molecular flexibility index (Phi) is 5.39. The number of carbonyl (C=O) groups excluding carboxylic acids is 1. The Labute approximate surface area is 191 Å². The first-order valence-electron chi connectivity index (χ1n) is 10.5. The lowest BCUT2D eigenvalue weighted by Gasteiger charge is -2.34. The lowest BCUT2D eigenvalue weighted by atomic mass is 10.2. The summed E-state index contributed by atoms with van der Waals surface area (Å²) in [6, 6.07) is 12.3. The molecule has 5 rings (SSSR count). The van der Waals surface area contributed by atoms with Crippen molar-refractivity contribution in [3.63, 3.8) is 0 Å². The van der Waals surface area contributed by atoms with Gasteiger partial charge in [0.15, 0.2) is 5.82 Å². The van der Waals surface area contributed by atoms with Crippen molar-refractivity contribution in [2.45, 2.75) is 11.8 Å². The molecule has 0 spiro atoms. The number of rotatable bonds is 4. The molecular formula is C23H22N6O3S. The highest BCUT2D eigenvalue weighted by atomic mass is 32.2. The molecule has 1 aliphatic rings. The van der Waals surface area contributed by atoms with Crippen molar-refractivity contribution in [2.24, 2.45) is 0 Å². The van der Waals surface area contributed by atoms with Crippen molar-refractivity contribution in [1.82, 2.24) is 29.0 Å². The first-order valence-corrected chi connectivity index (χ1v) is 12.0. The molecule has 0 radical (unpaired) electrons. The smallest absolute Gasteiger partial charge is 0.255 e. The fourth-order valence-corrected chi connectivity index (χ4v) is 5.54. The lowest BCUT2D eigenvalue weighted by molar-refractivity contribution is 0.0697. The molecule has 0 N–H and O–H groups in total. The molecule has 3 aromatic heterocycles. The number of benzene rings is 1. The molecule has 168 valence electrons. The second kappa shape index (κ2) is 8.38. The van der Waals surface area contributed by atoms with Crippen molar-refractivity contribution in [3.8, 4) is 5.82 Å². The van der Waals surface area contributed by atoms with E-state index in [1.54, 1.807) is 58.5 Å². The summed E-state index contributed by atoms with van der Waals surface area (Å²) in [5.74, 6) is 0.445. The maximum absolute atomic E-state index is 13.3. The summed E-state index contributed by atoms with van der Waals surface area (Å²) >= 11 is 0. The summed E-state index contributed by atoms with van der Waals surface area (Å²) < 4.78 is 29.7. The number of para-hydroxylation sites is 1. The molecule has 0 bridgehead atoms. The van der Waals surface area contributed by atoms with E-state index in [0.717, 1.165) is 10.9 Å². The first-order chi connectivity index (χ1) is 15.9. The number of nitrogens with zero attached hydrogens (tertiary/aromatic N) is 6. The van der Waals surface area contributed by atoms with Gasteiger partial charge in [0.2, 0.25) is 10.0 Å². The molecule has 1 aromatic carbocycles. The Morgan fingerprint density at radius 3 is 2.48 bits per heavy atom. The number of aromatic nitrogens is 4. The predicted octanol–water partition coefficient (Wildman–Crippen LogP) is 2.27. The van der Waals surface area contributed by atoms with E-state index in [1.165, 1.54) is 10.5 Å². The first kappa shape index (κ1) is 21.2. The van der Waals surface area contributed by atoms with Gasteiger partial charge >= 0.3 is 0 Å². The number of aryl methyl sites for hydroxylation is 1. The summed E-state index contributed by atoms with van der Waals surface area (Å²) in [6.07, 6.45) is 6.62. The quantitative estimate of drug-likeness (QED) is 0.461. The number of fused-ring (bicyclic) bond motifs is 1. The van der Waals surface area contributed by atoms with E-state index in [9.17, 15) is 13.2 Å². The summed E-state index contributed by atoms with van der Waals surface area (Å²) in [5.41, 5.74) is 1.89. The van der Waals surface area contributed by atoms with E-state index in [4.69, 9.17) is 0 Å². The van der Waals surface area contributed by atoms with Crippen LogP contribution in [0.1, 0.15) is 15.9 Å². The van der Waals surface area contributed by atoms with Crippen LogP contribution >= 0.6 is 0 Å². The average Bonchev–Trinajstić information content (AvgIpc) is 3.38. The van der Waals surface area contributed by atoms with Crippen molar-refractivity contribution in [3.05, 3.63) is 78.4 Å². The minimum Gasteiger partial charge on any atom is -0.336 e. The van der Waals surface area contributed by atoms with Crippen LogP contribution in [-0.4, -0.2) is 69.5 Å². The van der Waals surface area contributed by atoms with Gasteiger partial charge < -0.3 is 4.90 Å². The SMILES string of the molecule is Cc1cnc2c(S(=O)(=O)N3CCN(C(=O)c4ccc(-n5cccn5)nc4)CC3)cccc2c1. The molecule has 4 heterocycles. The topological polar surface area (TPSA) is 101 Å². The Morgan fingerprint density at radius 1 is 0.970 bits per heavy atom. The van der Waals surface area contributed by atoms with E-state index in [1.807, 2.05) is 19.1 Å². The fraction of sp³-hybridized carbons (Fsp3) is 0.217. The molecule has 33 heavy (non-hydrogen) atoms. The van der Waals surface area contributed by atoms with E-state index in [0.29, 0.717) is 30.0 Å². The number of hydrogen-bond donors (Lipinski definition) is 0. The Balaban J connectivity index is 1.30. The van der Waals surface area contributed by atoms with Gasteiger partial charge in [-0.1, -0.05) is 12.1 Å². The van der Waals surface area contributed by atoms with Gasteiger partial charge in [-0.15, -0.1) is 0 Å². The van der Waals surface area contributed by atoms with Crippen LogP contribution in [0.3, 0.4) is 0 Å². The van der Waals surface area contributed by atoms with Crippen LogP contribution in [0.5, 0.6) is 0 Å². The highest BCUT2D eigenvalue weighted by Crippen LogP contribution is 2.25. The van der Waals surface area contributed by atoms with Gasteiger partial charge in [0, 0.05) is 56.4 Å². The maximum Gasteiger partial charge on any atom is 0.255 e. The molecule has 1 aliphatic heterocycles. The van der Waals surface area contributed by atoms with Crippen molar-refractivity contribution in [2.75, 3.05) is 26.2 Å². The third-order valence-corrected chi connectivity index (χ3v) is 7.62. The van der Waals surface area contributed by atoms with Gasteiger partial charge in [-0.3, -0.25) is 9.78 Å². The number of amides is 1. The van der Waals surface area contributed by atoms with Crippen LogP contribution in [0.4, 0.5) is 0 Å². The van der Waals surface area contributed by atoms with Gasteiger partial charge in [0.05, 0.1) is 11.1 Å². The molecular weight excluding hydrogens is 440 g/mol. The summed E-state index contributed by atoms with van der Waals surface area (Å²) in [5, 5.41) is 4.91. The fourth-order valence-electron chi connectivity index (χ4n) is 3.96. The van der Waals surface area contributed by atoms with Gasteiger partial charge in [-0.05, 0) is 42.8 Å². The zero-order valence-electron chi connectivity index (χ0n) is 18.0. The predicted molar refractivity (Wildman–Crippen MR) is 123 cm³/mol. The standard InChI is InChI=1S/C23H22N6O3S/c1-17-14-18-4-2-5-20(22(18)25-15-17)33(31,32)28-12-10-27(11-13-28)23(30)19-6-7-21(24-16-19)29-9-3-8-26-29/h2-9,14-16H,10-13H2,1H3. The van der Waals surface area contributed by atoms with Crippen molar-refractivity contribution < 1.29 is 13.2 Å². The van der Waals surface area contributed by atoms with Crippen LogP contribution in [-0.2, 0) is 10.0 Å². The minimum absolute atomic E-state index is 0.172. The molecule has 4 aromatic rings. The Hall–Kier alpha value is -3.63. The van der Waals surface area contributed by atoms with E-state index in [2.05, 4.69) is 15.1 Å². The zero-order chi connectivity index (χ0) is 23.0. The van der Waals surface area contributed by atoms with Crippen molar-refractivity contribution in [1.29, 1.82) is 0 Å². The number of carbonyl (C=O) groups is 1. The van der Waals surface area contributed by atoms with Crippen LogP contribution < -0.4 is 0 Å². The summed E-state index contributed by atoms with van der Waals surface area (Å²) in [7, 11) is -3.74. The number of sulfonamides is 1. The van der Waals surface area contributed by atoms with Gasteiger partial charge in [0.25, 0.3) is 5.91 Å². The monoisotopic (exact) mass is 462 g/mol. The lowest BCUT2D eigenvalue weighted by Crippen LogP contribution is -2.50. The number of piperazine rings is 1. The highest BCUT2D eigenvalue weighted by molar-refractivity contribution is 7.89. The van der Waals surface area contributed by atoms with E-state index < -0.39 is 10.0 Å². The molecule has 0 saturated carbocycles. The van der Waals surface area contributed by atoms with E-state index >= 15 is 0 Å². The molecule has 9 nitrogen and oxygen atoms in total. The highest BCUT2D eigenvalue weighted by Gasteiger charge is 2.32. The largest absolute Gasteiger partial charge is 0.336 e. The summed E-state index contributed by atoms with van der Waals surface area (Å²) in [6.45, 7) is 2.96. The van der Waals surface area contributed by atoms with Crippen LogP contribution in [0, 0.1) is 6.92 Å². The minimum atomic E-state index is -3.74. The molecule has 1 saturated heterocycles. The van der Waals surface area contributed by atoms with Crippen LogP contribution in [0.2, 0.25) is 0 Å². The third kappa shape index (κ3) is 3.98. The van der Waals surface area contributed by atoms with Gasteiger partial charge in [0.1, 0.15) is 4.90 Å². The normalized spacial score (nSPS) is 15.1. The maximum atomic E-state index is 13.3. The zero-order valence-corrected chi connectivity index (χ0v) is 18.8. The second-order valence-corrected chi connectivity index (χ2v) is 9.80. The van der Waals surface area contributed by atoms with Gasteiger partial charge in [-0.2, -0.15) is 9.40 Å². The van der Waals surface area contributed by atoms with Crippen LogP contribution in [0.25, 0.3) is 16.7 Å². The molecule has 0 unspecified atom stereocenters. The average molecular weight is 463 g/mol. The van der Waals surface area contributed by atoms with Crippen LogP contribution in [0.15, 0.2) is 72.1 Å². The number of pyridine rings is 2. The molecule has 1 fully saturated rings. The summed E-state index contributed by atoms with van der Waals surface area (Å²) in [4.78, 5) is 23.4. The van der Waals surface area contributed by atoms with Gasteiger partial charge in [-0.25, -0.2) is 18.1 Å². The molecule has 10 heteroatoms. The third-order valence-electron chi connectivity index (χ3n) is 5.69. The molecule has 1 amide bonds. The molecule has 0 aliphatic carbocycles. The number of hydrogen-bond acceptors (Lipinski definition) is 6. The van der Waals surface area contributed by atoms with Crippen molar-refractivity contribution >= 4 is 26.8 Å². The Bertz CT molecular complexity index is 1410. The van der Waals surface area contributed by atoms with E-state index in [-0.39, 0.29) is 23.9 Å². The second-order valence-electron chi connectivity index (χ2n) is 7.89. The Morgan fingerprint density at radius 2 is 1.79 bits per heavy atom.